The highest BCUT2D eigenvalue weighted by Gasteiger charge is 2.30. The van der Waals surface area contributed by atoms with Gasteiger partial charge in [-0.1, -0.05) is 0 Å². The summed E-state index contributed by atoms with van der Waals surface area (Å²) < 4.78 is 10.5. The Morgan fingerprint density at radius 2 is 1.75 bits per heavy atom. The Hall–Kier alpha value is -2.24. The van der Waals surface area contributed by atoms with Crippen molar-refractivity contribution in [2.45, 2.75) is 25.9 Å². The van der Waals surface area contributed by atoms with Gasteiger partial charge in [-0.15, -0.1) is 0 Å². The molecule has 2 amide bonds. The number of ether oxygens (including phenoxy) is 2. The minimum Gasteiger partial charge on any atom is -0.497 e. The summed E-state index contributed by atoms with van der Waals surface area (Å²) >= 11 is 0. The predicted molar refractivity (Wildman–Crippen MR) is 72.1 cm³/mol. The molecule has 1 aliphatic rings. The Morgan fingerprint density at radius 1 is 1.15 bits per heavy atom. The topological polar surface area (TPSA) is 76.7 Å². The fourth-order valence-corrected chi connectivity index (χ4v) is 1.58. The van der Waals surface area contributed by atoms with Crippen LogP contribution in [0.4, 0.5) is 0 Å². The van der Waals surface area contributed by atoms with Crippen LogP contribution in [0.5, 0.6) is 11.5 Å². The molecule has 0 aromatic heterocycles. The van der Waals surface area contributed by atoms with Crippen LogP contribution in [0, 0.1) is 5.92 Å². The molecule has 0 saturated heterocycles. The van der Waals surface area contributed by atoms with E-state index in [1.54, 1.807) is 38.3 Å². The summed E-state index contributed by atoms with van der Waals surface area (Å²) in [5, 5.41) is 0. The van der Waals surface area contributed by atoms with Gasteiger partial charge >= 0.3 is 0 Å². The van der Waals surface area contributed by atoms with Crippen molar-refractivity contribution in [2.24, 2.45) is 5.92 Å². The van der Waals surface area contributed by atoms with E-state index in [2.05, 4.69) is 10.9 Å². The van der Waals surface area contributed by atoms with Crippen molar-refractivity contribution in [1.82, 2.24) is 10.9 Å². The van der Waals surface area contributed by atoms with Gasteiger partial charge in [0.2, 0.25) is 5.91 Å². The molecule has 6 heteroatoms. The Kier molecular flexibility index (Phi) is 4.45. The second-order valence-corrected chi connectivity index (χ2v) is 4.69. The van der Waals surface area contributed by atoms with Gasteiger partial charge in [0, 0.05) is 5.92 Å². The fraction of sp³-hybridized carbons (Fsp3) is 0.429. The molecule has 2 N–H and O–H groups in total. The zero-order valence-electron chi connectivity index (χ0n) is 11.5. The van der Waals surface area contributed by atoms with Gasteiger partial charge in [-0.2, -0.15) is 0 Å². The lowest BCUT2D eigenvalue weighted by molar-refractivity contribution is -0.133. The van der Waals surface area contributed by atoms with Gasteiger partial charge in [0.1, 0.15) is 11.5 Å². The van der Waals surface area contributed by atoms with Crippen LogP contribution >= 0.6 is 0 Å². The fourth-order valence-electron chi connectivity index (χ4n) is 1.58. The molecule has 20 heavy (non-hydrogen) atoms. The molecule has 108 valence electrons. The number of nitrogens with one attached hydrogen (secondary N) is 2. The van der Waals surface area contributed by atoms with Crippen molar-refractivity contribution in [3.63, 3.8) is 0 Å². The molecule has 0 spiro atoms. The molecule has 6 nitrogen and oxygen atoms in total. The number of hydrogen-bond donors (Lipinski definition) is 2. The van der Waals surface area contributed by atoms with Crippen LogP contribution < -0.4 is 20.3 Å². The Labute approximate surface area is 117 Å². The van der Waals surface area contributed by atoms with Crippen molar-refractivity contribution in [2.75, 3.05) is 7.11 Å². The zero-order chi connectivity index (χ0) is 14.5. The predicted octanol–water partition coefficient (Wildman–Crippen LogP) is 1.02. The molecule has 1 unspecified atom stereocenters. The third kappa shape index (κ3) is 3.88. The van der Waals surface area contributed by atoms with E-state index in [0.717, 1.165) is 12.8 Å². The molecule has 0 radical (unpaired) electrons. The molecular formula is C14H18N2O4. The highest BCUT2D eigenvalue weighted by atomic mass is 16.5. The summed E-state index contributed by atoms with van der Waals surface area (Å²) in [6.07, 6.45) is 1.07. The van der Waals surface area contributed by atoms with Gasteiger partial charge in [0.05, 0.1) is 7.11 Å². The van der Waals surface area contributed by atoms with E-state index in [9.17, 15) is 9.59 Å². The number of amides is 2. The average Bonchev–Trinajstić information content (AvgIpc) is 3.29. The van der Waals surface area contributed by atoms with Crippen molar-refractivity contribution in [1.29, 1.82) is 0 Å². The highest BCUT2D eigenvalue weighted by molar-refractivity contribution is 5.86. The molecule has 1 aliphatic carbocycles. The zero-order valence-corrected chi connectivity index (χ0v) is 11.5. The third-order valence-electron chi connectivity index (χ3n) is 3.00. The van der Waals surface area contributed by atoms with Crippen molar-refractivity contribution >= 4 is 11.8 Å². The maximum absolute atomic E-state index is 11.7. The lowest BCUT2D eigenvalue weighted by Crippen LogP contribution is -2.47. The van der Waals surface area contributed by atoms with Crippen molar-refractivity contribution in [3.8, 4) is 11.5 Å². The van der Waals surface area contributed by atoms with Gasteiger partial charge in [-0.05, 0) is 44.0 Å². The summed E-state index contributed by atoms with van der Waals surface area (Å²) in [4.78, 5) is 23.1. The molecular weight excluding hydrogens is 260 g/mol. The van der Waals surface area contributed by atoms with Crippen LogP contribution in [0.2, 0.25) is 0 Å². The first-order chi connectivity index (χ1) is 9.60. The van der Waals surface area contributed by atoms with E-state index >= 15 is 0 Å². The molecule has 1 fully saturated rings. The molecule has 2 rings (SSSR count). The van der Waals surface area contributed by atoms with E-state index in [1.807, 2.05) is 0 Å². The van der Waals surface area contributed by atoms with Gasteiger partial charge < -0.3 is 9.47 Å². The van der Waals surface area contributed by atoms with Crippen LogP contribution in [0.15, 0.2) is 24.3 Å². The van der Waals surface area contributed by atoms with E-state index in [1.165, 1.54) is 0 Å². The normalized spacial score (nSPS) is 15.1. The summed E-state index contributed by atoms with van der Waals surface area (Å²) in [5.74, 6) is 0.783. The molecule has 1 aromatic carbocycles. The number of hydrogen-bond acceptors (Lipinski definition) is 4. The first-order valence-corrected chi connectivity index (χ1v) is 6.50. The van der Waals surface area contributed by atoms with Gasteiger partial charge in [0.15, 0.2) is 6.10 Å². The standard InChI is InChI=1S/C14H18N2O4/c1-9(13(17)15-16-14(18)10-3-4-10)20-12-7-5-11(19-2)6-8-12/h5-10H,3-4H2,1-2H3,(H,15,17)(H,16,18). The minimum absolute atomic E-state index is 0.0492. The molecule has 1 atom stereocenters. The second kappa shape index (κ2) is 6.27. The van der Waals surface area contributed by atoms with Crippen LogP contribution in [0.1, 0.15) is 19.8 Å². The molecule has 0 heterocycles. The van der Waals surface area contributed by atoms with E-state index in [0.29, 0.717) is 11.5 Å². The number of carbonyl (C=O) groups is 2. The lowest BCUT2D eigenvalue weighted by Gasteiger charge is -2.15. The van der Waals surface area contributed by atoms with Crippen LogP contribution in [-0.4, -0.2) is 25.0 Å². The first kappa shape index (κ1) is 14.2. The number of carbonyl (C=O) groups excluding carboxylic acids is 2. The quantitative estimate of drug-likeness (QED) is 0.788. The molecule has 0 bridgehead atoms. The highest BCUT2D eigenvalue weighted by Crippen LogP contribution is 2.28. The van der Waals surface area contributed by atoms with Gasteiger partial charge in [-0.25, -0.2) is 0 Å². The number of hydrazine groups is 1. The number of benzene rings is 1. The SMILES string of the molecule is COc1ccc(OC(C)C(=O)NNC(=O)C2CC2)cc1. The van der Waals surface area contributed by atoms with E-state index < -0.39 is 12.0 Å². The maximum Gasteiger partial charge on any atom is 0.279 e. The average molecular weight is 278 g/mol. The summed E-state index contributed by atoms with van der Waals surface area (Å²) in [6.45, 7) is 1.61. The smallest absolute Gasteiger partial charge is 0.279 e. The first-order valence-electron chi connectivity index (χ1n) is 6.50. The largest absolute Gasteiger partial charge is 0.497 e. The van der Waals surface area contributed by atoms with Crippen molar-refractivity contribution < 1.29 is 19.1 Å². The summed E-state index contributed by atoms with van der Waals surface area (Å²) in [5.41, 5.74) is 4.75. The number of methoxy groups -OCH3 is 1. The van der Waals surface area contributed by atoms with Crippen LogP contribution in [0.25, 0.3) is 0 Å². The van der Waals surface area contributed by atoms with Gasteiger partial charge in [-0.3, -0.25) is 20.4 Å². The Balaban J connectivity index is 1.78. The van der Waals surface area contributed by atoms with E-state index in [4.69, 9.17) is 9.47 Å². The summed E-state index contributed by atoms with van der Waals surface area (Å²) in [7, 11) is 1.58. The lowest BCUT2D eigenvalue weighted by atomic mass is 10.3. The monoisotopic (exact) mass is 278 g/mol. The van der Waals surface area contributed by atoms with Crippen LogP contribution in [0.3, 0.4) is 0 Å². The second-order valence-electron chi connectivity index (χ2n) is 4.69. The van der Waals surface area contributed by atoms with Crippen molar-refractivity contribution in [3.05, 3.63) is 24.3 Å². The Bertz CT molecular complexity index is 482. The maximum atomic E-state index is 11.7. The molecule has 1 aromatic rings. The molecule has 1 saturated carbocycles. The Morgan fingerprint density at radius 3 is 2.30 bits per heavy atom. The summed E-state index contributed by atoms with van der Waals surface area (Å²) in [6, 6.07) is 6.92. The number of rotatable bonds is 5. The minimum atomic E-state index is -0.706. The van der Waals surface area contributed by atoms with Crippen LogP contribution in [-0.2, 0) is 9.59 Å². The van der Waals surface area contributed by atoms with Gasteiger partial charge in [0.25, 0.3) is 5.91 Å². The molecule has 0 aliphatic heterocycles. The van der Waals surface area contributed by atoms with E-state index in [-0.39, 0.29) is 11.8 Å². The third-order valence-corrected chi connectivity index (χ3v) is 3.00.